The monoisotopic (exact) mass is 375 g/mol. The van der Waals surface area contributed by atoms with Crippen LogP contribution in [0.4, 0.5) is 5.69 Å². The molecule has 0 atom stereocenters. The van der Waals surface area contributed by atoms with E-state index in [2.05, 4.69) is 5.32 Å². The molecule has 5 nitrogen and oxygen atoms in total. The topological polar surface area (TPSA) is 75.4 Å². The van der Waals surface area contributed by atoms with Gasteiger partial charge in [0.15, 0.2) is 0 Å². The lowest BCUT2D eigenvalue weighted by Crippen LogP contribution is -2.30. The van der Waals surface area contributed by atoms with Crippen molar-refractivity contribution in [3.8, 4) is 0 Å². The summed E-state index contributed by atoms with van der Waals surface area (Å²) in [5, 5.41) is 2.89. The van der Waals surface area contributed by atoms with Crippen molar-refractivity contribution in [1.29, 1.82) is 0 Å². The minimum Gasteiger partial charge on any atom is -0.399 e. The highest BCUT2D eigenvalue weighted by Gasteiger charge is 2.12. The van der Waals surface area contributed by atoms with Gasteiger partial charge in [0.05, 0.1) is 6.42 Å². The molecular formula is C20H26ClN3O2. The molecule has 140 valence electrons. The Morgan fingerprint density at radius 2 is 1.46 bits per heavy atom. The average molecular weight is 376 g/mol. The van der Waals surface area contributed by atoms with Crippen LogP contribution >= 0.6 is 12.4 Å². The first-order valence-electron chi connectivity index (χ1n) is 8.52. The van der Waals surface area contributed by atoms with Gasteiger partial charge in [0.1, 0.15) is 0 Å². The van der Waals surface area contributed by atoms with E-state index in [1.165, 1.54) is 0 Å². The molecule has 6 heteroatoms. The van der Waals surface area contributed by atoms with E-state index < -0.39 is 0 Å². The number of carbonyl (C=O) groups excluding carboxylic acids is 2. The Morgan fingerprint density at radius 3 is 2.00 bits per heavy atom. The summed E-state index contributed by atoms with van der Waals surface area (Å²) < 4.78 is 0. The number of rotatable bonds is 7. The van der Waals surface area contributed by atoms with Gasteiger partial charge in [-0.1, -0.05) is 24.3 Å². The zero-order chi connectivity index (χ0) is 18.2. The fourth-order valence-electron chi connectivity index (χ4n) is 2.54. The molecule has 0 bridgehead atoms. The maximum Gasteiger partial charge on any atom is 0.253 e. The van der Waals surface area contributed by atoms with E-state index in [-0.39, 0.29) is 24.2 Å². The van der Waals surface area contributed by atoms with Crippen LogP contribution in [0.25, 0.3) is 0 Å². The van der Waals surface area contributed by atoms with Crippen LogP contribution in [-0.4, -0.2) is 29.8 Å². The van der Waals surface area contributed by atoms with Crippen molar-refractivity contribution in [3.63, 3.8) is 0 Å². The molecule has 0 spiro atoms. The van der Waals surface area contributed by atoms with E-state index in [4.69, 9.17) is 5.73 Å². The lowest BCUT2D eigenvalue weighted by molar-refractivity contribution is -0.120. The van der Waals surface area contributed by atoms with Crippen LogP contribution in [0.3, 0.4) is 0 Å². The molecule has 0 fully saturated rings. The minimum atomic E-state index is -0.0481. The lowest BCUT2D eigenvalue weighted by Gasteiger charge is -2.18. The molecule has 2 rings (SSSR count). The summed E-state index contributed by atoms with van der Waals surface area (Å²) in [6, 6.07) is 14.6. The standard InChI is InChI=1S/C20H25N3O2.ClH/c1-3-23(4-2)20(25)17-9-5-16(6-10-17)14-22-19(24)13-15-7-11-18(21)12-8-15;/h5-12H,3-4,13-14,21H2,1-2H3,(H,22,24);1H. The number of hydrogen-bond donors (Lipinski definition) is 2. The Morgan fingerprint density at radius 1 is 0.923 bits per heavy atom. The average Bonchev–Trinajstić information content (AvgIpc) is 2.63. The highest BCUT2D eigenvalue weighted by atomic mass is 35.5. The van der Waals surface area contributed by atoms with Crippen molar-refractivity contribution in [1.82, 2.24) is 10.2 Å². The van der Waals surface area contributed by atoms with Crippen molar-refractivity contribution in [2.75, 3.05) is 18.8 Å². The summed E-state index contributed by atoms with van der Waals surface area (Å²) in [6.45, 7) is 5.75. The zero-order valence-electron chi connectivity index (χ0n) is 15.2. The van der Waals surface area contributed by atoms with Gasteiger partial charge in [0, 0.05) is 30.9 Å². The van der Waals surface area contributed by atoms with E-state index in [1.807, 2.05) is 50.2 Å². The second-order valence-electron chi connectivity index (χ2n) is 5.87. The van der Waals surface area contributed by atoms with Gasteiger partial charge in [-0.15, -0.1) is 12.4 Å². The Hall–Kier alpha value is -2.53. The van der Waals surface area contributed by atoms with Crippen LogP contribution in [0.1, 0.15) is 35.3 Å². The third-order valence-corrected chi connectivity index (χ3v) is 4.09. The SMILES string of the molecule is CCN(CC)C(=O)c1ccc(CNC(=O)Cc2ccc(N)cc2)cc1.Cl. The number of hydrogen-bond acceptors (Lipinski definition) is 3. The van der Waals surface area contributed by atoms with Gasteiger partial charge in [0.25, 0.3) is 5.91 Å². The number of amides is 2. The van der Waals surface area contributed by atoms with Crippen molar-refractivity contribution >= 4 is 29.9 Å². The predicted molar refractivity (Wildman–Crippen MR) is 107 cm³/mol. The molecule has 0 aliphatic heterocycles. The molecule has 2 amide bonds. The van der Waals surface area contributed by atoms with Crippen molar-refractivity contribution in [2.45, 2.75) is 26.8 Å². The summed E-state index contributed by atoms with van der Waals surface area (Å²) >= 11 is 0. The number of nitrogens with zero attached hydrogens (tertiary/aromatic N) is 1. The summed E-state index contributed by atoms with van der Waals surface area (Å²) in [5.41, 5.74) is 8.87. The summed E-state index contributed by atoms with van der Waals surface area (Å²) in [5.74, 6) is -0.0167. The number of nitrogens with two attached hydrogens (primary N) is 1. The number of nitrogens with one attached hydrogen (secondary N) is 1. The Kier molecular flexibility index (Phi) is 8.65. The molecule has 0 saturated heterocycles. The number of halogens is 1. The second-order valence-corrected chi connectivity index (χ2v) is 5.87. The molecular weight excluding hydrogens is 350 g/mol. The van der Waals surface area contributed by atoms with E-state index in [0.717, 1.165) is 11.1 Å². The summed E-state index contributed by atoms with van der Waals surface area (Å²) in [6.07, 6.45) is 0.318. The number of carbonyl (C=O) groups is 2. The minimum absolute atomic E-state index is 0. The van der Waals surface area contributed by atoms with Crippen LogP contribution in [0.2, 0.25) is 0 Å². The third kappa shape index (κ3) is 6.08. The van der Waals surface area contributed by atoms with E-state index in [9.17, 15) is 9.59 Å². The Balaban J connectivity index is 0.00000338. The highest BCUT2D eigenvalue weighted by Crippen LogP contribution is 2.09. The number of anilines is 1. The molecule has 0 aliphatic rings. The molecule has 3 N–H and O–H groups in total. The first-order chi connectivity index (χ1) is 12.0. The molecule has 0 saturated carbocycles. The summed E-state index contributed by atoms with van der Waals surface area (Å²) in [4.78, 5) is 26.0. The second kappa shape index (κ2) is 10.5. The maximum absolute atomic E-state index is 12.3. The first kappa shape index (κ1) is 21.5. The molecule has 0 aliphatic carbocycles. The fourth-order valence-corrected chi connectivity index (χ4v) is 2.54. The third-order valence-electron chi connectivity index (χ3n) is 4.09. The van der Waals surface area contributed by atoms with Gasteiger partial charge in [-0.25, -0.2) is 0 Å². The smallest absolute Gasteiger partial charge is 0.253 e. The molecule has 0 radical (unpaired) electrons. The highest BCUT2D eigenvalue weighted by molar-refractivity contribution is 5.94. The van der Waals surface area contributed by atoms with E-state index in [0.29, 0.717) is 37.3 Å². The molecule has 0 heterocycles. The van der Waals surface area contributed by atoms with Crippen LogP contribution in [-0.2, 0) is 17.8 Å². The van der Waals surface area contributed by atoms with Gasteiger partial charge >= 0.3 is 0 Å². The van der Waals surface area contributed by atoms with Gasteiger partial charge in [-0.05, 0) is 49.2 Å². The number of benzene rings is 2. The zero-order valence-corrected chi connectivity index (χ0v) is 16.0. The lowest BCUT2D eigenvalue weighted by atomic mass is 10.1. The van der Waals surface area contributed by atoms with Gasteiger partial charge in [-0.2, -0.15) is 0 Å². The van der Waals surface area contributed by atoms with E-state index in [1.54, 1.807) is 17.0 Å². The van der Waals surface area contributed by atoms with Crippen molar-refractivity contribution in [3.05, 3.63) is 65.2 Å². The van der Waals surface area contributed by atoms with Crippen molar-refractivity contribution in [2.24, 2.45) is 0 Å². The van der Waals surface area contributed by atoms with Crippen LogP contribution in [0.15, 0.2) is 48.5 Å². The normalized spacial score (nSPS) is 9.92. The van der Waals surface area contributed by atoms with E-state index >= 15 is 0 Å². The molecule has 0 aromatic heterocycles. The summed E-state index contributed by atoms with van der Waals surface area (Å²) in [7, 11) is 0. The largest absolute Gasteiger partial charge is 0.399 e. The van der Waals surface area contributed by atoms with Crippen molar-refractivity contribution < 1.29 is 9.59 Å². The molecule has 0 unspecified atom stereocenters. The molecule has 26 heavy (non-hydrogen) atoms. The number of nitrogen functional groups attached to an aromatic ring is 1. The van der Waals surface area contributed by atoms with Crippen LogP contribution < -0.4 is 11.1 Å². The van der Waals surface area contributed by atoms with Gasteiger partial charge in [0.2, 0.25) is 5.91 Å². The first-order valence-corrected chi connectivity index (χ1v) is 8.52. The van der Waals surface area contributed by atoms with Gasteiger partial charge < -0.3 is 16.0 Å². The van der Waals surface area contributed by atoms with Crippen LogP contribution in [0.5, 0.6) is 0 Å². The maximum atomic E-state index is 12.3. The quantitative estimate of drug-likeness (QED) is 0.730. The predicted octanol–water partition coefficient (Wildman–Crippen LogP) is 3.03. The molecule has 2 aromatic carbocycles. The van der Waals surface area contributed by atoms with Gasteiger partial charge in [-0.3, -0.25) is 9.59 Å². The Labute approximate surface area is 161 Å². The Bertz CT molecular complexity index is 711. The molecule has 2 aromatic rings. The van der Waals surface area contributed by atoms with Crippen LogP contribution in [0, 0.1) is 0 Å². The fraction of sp³-hybridized carbons (Fsp3) is 0.300.